The Morgan fingerprint density at radius 3 is 1.04 bits per heavy atom. The van der Waals surface area contributed by atoms with Crippen LogP contribution >= 0.6 is 0 Å². The predicted molar refractivity (Wildman–Crippen MR) is 237 cm³/mol. The van der Waals surface area contributed by atoms with Crippen molar-refractivity contribution in [2.75, 3.05) is 0 Å². The van der Waals surface area contributed by atoms with E-state index < -0.39 is 0 Å². The number of hydrogen-bond acceptors (Lipinski definition) is 0. The highest BCUT2D eigenvalue weighted by Gasteiger charge is 2.52. The van der Waals surface area contributed by atoms with Crippen LogP contribution < -0.4 is 0 Å². The molecule has 0 heteroatoms. The van der Waals surface area contributed by atoms with E-state index in [1.807, 2.05) is 0 Å². The summed E-state index contributed by atoms with van der Waals surface area (Å²) in [5, 5.41) is 0. The van der Waals surface area contributed by atoms with E-state index in [4.69, 9.17) is 6.58 Å². The van der Waals surface area contributed by atoms with E-state index in [0.29, 0.717) is 5.41 Å². The molecule has 0 aromatic heterocycles. The van der Waals surface area contributed by atoms with Gasteiger partial charge in [0.2, 0.25) is 0 Å². The van der Waals surface area contributed by atoms with Crippen molar-refractivity contribution in [3.63, 3.8) is 0 Å². The fourth-order valence-electron chi connectivity index (χ4n) is 9.54. The van der Waals surface area contributed by atoms with Gasteiger partial charge in [-0.05, 0) is 69.5 Å². The molecule has 0 saturated carbocycles. The molecule has 51 heavy (non-hydrogen) atoms. The molecule has 0 aromatic carbocycles. The summed E-state index contributed by atoms with van der Waals surface area (Å²) in [4.78, 5) is 0. The van der Waals surface area contributed by atoms with E-state index in [-0.39, 0.29) is 32.5 Å². The molecule has 0 bridgehead atoms. The molecule has 0 aliphatic rings. The lowest BCUT2D eigenvalue weighted by Gasteiger charge is -2.56. The van der Waals surface area contributed by atoms with E-state index in [2.05, 4.69) is 118 Å². The van der Waals surface area contributed by atoms with Gasteiger partial charge in [0.1, 0.15) is 0 Å². The van der Waals surface area contributed by atoms with Crippen LogP contribution in [0.15, 0.2) is 12.2 Å². The van der Waals surface area contributed by atoms with E-state index in [9.17, 15) is 0 Å². The molecular weight excluding hydrogens is 613 g/mol. The summed E-state index contributed by atoms with van der Waals surface area (Å²) in [6.07, 6.45) is 33.9. The zero-order valence-corrected chi connectivity index (χ0v) is 39.3. The molecule has 0 aliphatic heterocycles. The van der Waals surface area contributed by atoms with Crippen LogP contribution in [0.25, 0.3) is 0 Å². The monoisotopic (exact) mass is 715 g/mol. The van der Waals surface area contributed by atoms with Crippen LogP contribution in [-0.4, -0.2) is 0 Å². The highest BCUT2D eigenvalue weighted by atomic mass is 14.6. The lowest BCUT2D eigenvalue weighted by molar-refractivity contribution is -0.0250. The second-order valence-corrected chi connectivity index (χ2v) is 22.8. The first kappa shape index (κ1) is 50.7. The number of unbranched alkanes of at least 4 members (excludes halogenated alkanes) is 16. The highest BCUT2D eigenvalue weighted by molar-refractivity contribution is 5.20. The smallest absolute Gasteiger partial charge is 0.00219 e. The molecule has 0 N–H and O–H groups in total. The minimum Gasteiger partial charge on any atom is -0.0992 e. The summed E-state index contributed by atoms with van der Waals surface area (Å²) < 4.78 is 0. The molecule has 0 rings (SSSR count). The van der Waals surface area contributed by atoms with Crippen molar-refractivity contribution in [2.45, 2.75) is 272 Å². The zero-order valence-electron chi connectivity index (χ0n) is 39.3. The fraction of sp³-hybridized carbons (Fsp3) is 0.961. The highest BCUT2D eigenvalue weighted by Crippen LogP contribution is 2.61. The third-order valence-corrected chi connectivity index (χ3v) is 15.5. The molecule has 0 amide bonds. The maximum absolute atomic E-state index is 4.86. The Labute approximate surface area is 326 Å². The van der Waals surface area contributed by atoms with E-state index in [1.54, 1.807) is 0 Å². The molecule has 0 saturated heterocycles. The van der Waals surface area contributed by atoms with Crippen LogP contribution in [0, 0.1) is 43.8 Å². The Balaban J connectivity index is 5.48. The van der Waals surface area contributed by atoms with Crippen LogP contribution in [-0.2, 0) is 0 Å². The third-order valence-electron chi connectivity index (χ3n) is 15.5. The summed E-state index contributed by atoms with van der Waals surface area (Å²) in [5.41, 5.74) is 2.72. The van der Waals surface area contributed by atoms with Gasteiger partial charge in [0.15, 0.2) is 0 Å². The Hall–Kier alpha value is -0.260. The van der Waals surface area contributed by atoms with Crippen LogP contribution in [0.5, 0.6) is 0 Å². The summed E-state index contributed by atoms with van der Waals surface area (Å²) in [5.74, 6) is 0.912. The molecule has 0 spiro atoms. The van der Waals surface area contributed by atoms with Gasteiger partial charge in [-0.25, -0.2) is 0 Å². The van der Waals surface area contributed by atoms with Gasteiger partial charge >= 0.3 is 0 Å². The van der Waals surface area contributed by atoms with Gasteiger partial charge in [0.25, 0.3) is 0 Å². The average molecular weight is 715 g/mol. The number of allylic oxidation sites excluding steroid dienone is 1. The molecule has 0 aliphatic carbocycles. The topological polar surface area (TPSA) is 0 Å². The normalized spacial score (nSPS) is 14.7. The molecule has 0 nitrogen and oxygen atoms in total. The van der Waals surface area contributed by atoms with Gasteiger partial charge < -0.3 is 0 Å². The Bertz CT molecular complexity index is 879. The molecule has 0 aromatic rings. The predicted octanol–water partition coefficient (Wildman–Crippen LogP) is 18.8. The van der Waals surface area contributed by atoms with Crippen molar-refractivity contribution in [1.29, 1.82) is 0 Å². The first-order valence-corrected chi connectivity index (χ1v) is 23.0. The summed E-state index contributed by atoms with van der Waals surface area (Å²) in [6, 6.07) is 0. The van der Waals surface area contributed by atoms with E-state index in [1.165, 1.54) is 153 Å². The largest absolute Gasteiger partial charge is 0.0992 e. The quantitative estimate of drug-likeness (QED) is 0.0513. The first-order valence-electron chi connectivity index (χ1n) is 23.0. The van der Waals surface area contributed by atoms with Gasteiger partial charge in [-0.3, -0.25) is 0 Å². The molecule has 306 valence electrons. The molecule has 0 fully saturated rings. The van der Waals surface area contributed by atoms with Crippen LogP contribution in [0.1, 0.15) is 272 Å². The van der Waals surface area contributed by atoms with Crippen molar-refractivity contribution in [2.24, 2.45) is 43.8 Å². The maximum Gasteiger partial charge on any atom is -0.00219 e. The zero-order chi connectivity index (χ0) is 39.6. The van der Waals surface area contributed by atoms with Gasteiger partial charge in [-0.15, -0.1) is 0 Å². The van der Waals surface area contributed by atoms with Crippen molar-refractivity contribution < 1.29 is 0 Å². The van der Waals surface area contributed by atoms with Crippen LogP contribution in [0.3, 0.4) is 0 Å². The third kappa shape index (κ3) is 17.4. The lowest BCUT2D eigenvalue weighted by Crippen LogP contribution is -2.48. The fourth-order valence-corrected chi connectivity index (χ4v) is 9.54. The SMILES string of the molecule is C=C(CC(C)(C)C(C)(C)CC(C)(C)C(C)(C)CCC(CCCCCCCCCC)CCCCCCCCCCCC)C(C)(C(C)(C)C)C(C)(C)C. The van der Waals surface area contributed by atoms with Gasteiger partial charge in [0, 0.05) is 0 Å². The van der Waals surface area contributed by atoms with Crippen LogP contribution in [0.4, 0.5) is 0 Å². The lowest BCUT2D eigenvalue weighted by atomic mass is 9.48. The molecule has 0 heterocycles. The van der Waals surface area contributed by atoms with Crippen molar-refractivity contribution in [3.8, 4) is 0 Å². The summed E-state index contributed by atoms with van der Waals surface area (Å²) in [7, 11) is 0. The van der Waals surface area contributed by atoms with Crippen molar-refractivity contribution in [3.05, 3.63) is 12.2 Å². The molecule has 0 radical (unpaired) electrons. The minimum absolute atomic E-state index is 0.0560. The summed E-state index contributed by atoms with van der Waals surface area (Å²) >= 11 is 0. The second-order valence-electron chi connectivity index (χ2n) is 22.8. The van der Waals surface area contributed by atoms with Crippen molar-refractivity contribution >= 4 is 0 Å². The van der Waals surface area contributed by atoms with E-state index in [0.717, 1.165) is 12.3 Å². The first-order chi connectivity index (χ1) is 23.3. The Morgan fingerprint density at radius 2 is 0.706 bits per heavy atom. The summed E-state index contributed by atoms with van der Waals surface area (Å²) in [6.45, 7) is 47.2. The number of hydrogen-bond donors (Lipinski definition) is 0. The molecular formula is C51H102. The Morgan fingerprint density at radius 1 is 0.392 bits per heavy atom. The minimum atomic E-state index is 0.0560. The number of rotatable bonds is 30. The van der Waals surface area contributed by atoms with Crippen LogP contribution in [0.2, 0.25) is 0 Å². The maximum atomic E-state index is 4.86. The van der Waals surface area contributed by atoms with Gasteiger partial charge in [-0.1, -0.05) is 258 Å². The van der Waals surface area contributed by atoms with Gasteiger partial charge in [0.05, 0.1) is 0 Å². The van der Waals surface area contributed by atoms with E-state index >= 15 is 0 Å². The Kier molecular flexibility index (Phi) is 22.8. The molecule has 1 unspecified atom stereocenters. The standard InChI is InChI=1S/C51H102/c1-19-21-23-25-27-29-30-32-34-36-38-44(37-35-33-31-28-26-24-22-20-2)39-40-47(10,11)49(14,15)42-50(16,17)48(12,13)41-43(3)51(18,45(4,5)6)46(7,8)9/h44H,3,19-42H2,1-2,4-18H3. The van der Waals surface area contributed by atoms with Gasteiger partial charge in [-0.2, -0.15) is 0 Å². The second kappa shape index (κ2) is 23.0. The average Bonchev–Trinajstić information content (AvgIpc) is 2.99. The van der Waals surface area contributed by atoms with Crippen molar-refractivity contribution in [1.82, 2.24) is 0 Å². The molecule has 1 atom stereocenters.